The first-order valence-electron chi connectivity index (χ1n) is 8.06. The van der Waals surface area contributed by atoms with Gasteiger partial charge in [-0.2, -0.15) is 0 Å². The average Bonchev–Trinajstić information content (AvgIpc) is 3.02. The van der Waals surface area contributed by atoms with Crippen LogP contribution in [0.4, 0.5) is 5.69 Å². The molecule has 0 aliphatic carbocycles. The lowest BCUT2D eigenvalue weighted by Gasteiger charge is -2.08. The number of cyclic esters (lactones) is 1. The molecule has 0 atom stereocenters. The molecule has 7 nitrogen and oxygen atoms in total. The summed E-state index contributed by atoms with van der Waals surface area (Å²) in [5.41, 5.74) is 2.05. The van der Waals surface area contributed by atoms with Gasteiger partial charge in [-0.3, -0.25) is 10.1 Å². The van der Waals surface area contributed by atoms with Crippen LogP contribution in [-0.4, -0.2) is 25.1 Å². The number of methoxy groups -OCH3 is 2. The normalized spacial score (nSPS) is 14.7. The van der Waals surface area contributed by atoms with Crippen LogP contribution in [-0.2, 0) is 9.53 Å². The summed E-state index contributed by atoms with van der Waals surface area (Å²) in [5, 5.41) is 11.4. The van der Waals surface area contributed by atoms with Gasteiger partial charge in [0.25, 0.3) is 5.69 Å². The molecule has 0 radical (unpaired) electrons. The maximum atomic E-state index is 12.2. The fourth-order valence-electron chi connectivity index (χ4n) is 2.67. The monoisotopic (exact) mass is 367 g/mol. The molecule has 138 valence electrons. The number of hydrogen-bond donors (Lipinski definition) is 0. The molecule has 1 aliphatic rings. The molecule has 0 saturated heterocycles. The number of nitro groups is 1. The van der Waals surface area contributed by atoms with Crippen LogP contribution >= 0.6 is 0 Å². The minimum Gasteiger partial charge on any atom is -0.493 e. The minimum absolute atomic E-state index is 0.204. The van der Waals surface area contributed by atoms with E-state index in [0.29, 0.717) is 11.5 Å². The molecule has 0 spiro atoms. The number of aryl methyl sites for hydroxylation is 1. The average molecular weight is 367 g/mol. The number of hydrogen-bond acceptors (Lipinski definition) is 6. The van der Waals surface area contributed by atoms with E-state index in [9.17, 15) is 14.9 Å². The van der Waals surface area contributed by atoms with Gasteiger partial charge in [-0.05, 0) is 25.1 Å². The third kappa shape index (κ3) is 3.67. The van der Waals surface area contributed by atoms with Gasteiger partial charge in [-0.25, -0.2) is 4.79 Å². The van der Waals surface area contributed by atoms with Gasteiger partial charge in [0.15, 0.2) is 11.5 Å². The first-order chi connectivity index (χ1) is 12.9. The Hall–Kier alpha value is -3.61. The van der Waals surface area contributed by atoms with E-state index in [1.165, 1.54) is 32.4 Å². The molecule has 3 rings (SSSR count). The molecular formula is C20H17NO6. The highest BCUT2D eigenvalue weighted by Gasteiger charge is 2.25. The topological polar surface area (TPSA) is 87.9 Å². The number of ether oxygens (including phenoxy) is 3. The van der Waals surface area contributed by atoms with Crippen LogP contribution in [0.5, 0.6) is 11.5 Å². The zero-order chi connectivity index (χ0) is 19.6. The van der Waals surface area contributed by atoms with E-state index in [-0.39, 0.29) is 22.6 Å². The second-order valence-corrected chi connectivity index (χ2v) is 5.89. The van der Waals surface area contributed by atoms with Crippen LogP contribution in [0.25, 0.3) is 11.8 Å². The Labute approximate surface area is 155 Å². The second-order valence-electron chi connectivity index (χ2n) is 5.89. The smallest absolute Gasteiger partial charge is 0.343 e. The standard InChI is InChI=1S/C20H17NO6/c1-12-4-6-13(7-5-12)17-10-15(20(22)27-17)8-14-9-18(25-2)19(26-3)11-16(14)21(23)24/h4-11H,1-3H3/b15-8+. The summed E-state index contributed by atoms with van der Waals surface area (Å²) in [5.74, 6) is 0.379. The van der Waals surface area contributed by atoms with Crippen molar-refractivity contribution in [3.05, 3.63) is 74.9 Å². The first kappa shape index (κ1) is 18.2. The molecule has 1 heterocycles. The van der Waals surface area contributed by atoms with Crippen LogP contribution in [0.3, 0.4) is 0 Å². The fourth-order valence-corrected chi connectivity index (χ4v) is 2.67. The van der Waals surface area contributed by atoms with E-state index in [4.69, 9.17) is 14.2 Å². The third-order valence-electron chi connectivity index (χ3n) is 4.10. The van der Waals surface area contributed by atoms with Crippen molar-refractivity contribution in [3.63, 3.8) is 0 Å². The highest BCUT2D eigenvalue weighted by molar-refractivity contribution is 6.05. The van der Waals surface area contributed by atoms with Gasteiger partial charge in [0, 0.05) is 5.56 Å². The number of nitro benzene ring substituents is 1. The molecule has 27 heavy (non-hydrogen) atoms. The number of rotatable bonds is 5. The Bertz CT molecular complexity index is 973. The lowest BCUT2D eigenvalue weighted by atomic mass is 10.1. The molecule has 2 aromatic carbocycles. The van der Waals surface area contributed by atoms with Gasteiger partial charge >= 0.3 is 5.97 Å². The summed E-state index contributed by atoms with van der Waals surface area (Å²) in [4.78, 5) is 23.1. The van der Waals surface area contributed by atoms with Crippen molar-refractivity contribution in [2.24, 2.45) is 0 Å². The Kier molecular flexibility index (Phi) is 4.94. The van der Waals surface area contributed by atoms with Crippen LogP contribution in [0.2, 0.25) is 0 Å². The molecule has 0 bridgehead atoms. The van der Waals surface area contributed by atoms with Crippen LogP contribution in [0.1, 0.15) is 16.7 Å². The van der Waals surface area contributed by atoms with Gasteiger partial charge in [-0.15, -0.1) is 0 Å². The second kappa shape index (κ2) is 7.33. The summed E-state index contributed by atoms with van der Waals surface area (Å²) in [7, 11) is 2.82. The van der Waals surface area contributed by atoms with E-state index in [0.717, 1.165) is 11.1 Å². The molecule has 0 amide bonds. The SMILES string of the molecule is COc1cc(/C=C2\C=C(c3ccc(C)cc3)OC2=O)c([N+](=O)[O-])cc1OC. The van der Waals surface area contributed by atoms with Gasteiger partial charge in [0.2, 0.25) is 0 Å². The zero-order valence-corrected chi connectivity index (χ0v) is 15.0. The number of esters is 1. The summed E-state index contributed by atoms with van der Waals surface area (Å²) >= 11 is 0. The Morgan fingerprint density at radius 1 is 1.07 bits per heavy atom. The molecule has 7 heteroatoms. The molecule has 2 aromatic rings. The number of benzene rings is 2. The van der Waals surface area contributed by atoms with E-state index in [1.807, 2.05) is 31.2 Å². The number of nitrogens with zero attached hydrogens (tertiary/aromatic N) is 1. The van der Waals surface area contributed by atoms with Gasteiger partial charge < -0.3 is 14.2 Å². The minimum atomic E-state index is -0.574. The van der Waals surface area contributed by atoms with Crippen LogP contribution in [0, 0.1) is 17.0 Å². The van der Waals surface area contributed by atoms with Gasteiger partial charge in [0.05, 0.1) is 36.3 Å². The molecule has 0 fully saturated rings. The van der Waals surface area contributed by atoms with Crippen molar-refractivity contribution in [3.8, 4) is 11.5 Å². The van der Waals surface area contributed by atoms with E-state index in [1.54, 1.807) is 6.08 Å². The predicted molar refractivity (Wildman–Crippen MR) is 99.4 cm³/mol. The fraction of sp³-hybridized carbons (Fsp3) is 0.150. The third-order valence-corrected chi connectivity index (χ3v) is 4.10. The molecule has 1 aliphatic heterocycles. The first-order valence-corrected chi connectivity index (χ1v) is 8.06. The molecule has 0 unspecified atom stereocenters. The van der Waals surface area contributed by atoms with Crippen molar-refractivity contribution in [2.75, 3.05) is 14.2 Å². The van der Waals surface area contributed by atoms with Crippen molar-refractivity contribution in [1.82, 2.24) is 0 Å². The summed E-state index contributed by atoms with van der Waals surface area (Å²) < 4.78 is 15.6. The lowest BCUT2D eigenvalue weighted by Crippen LogP contribution is -1.99. The number of carbonyl (C=O) groups is 1. The quantitative estimate of drug-likeness (QED) is 0.345. The highest BCUT2D eigenvalue weighted by Crippen LogP contribution is 2.36. The predicted octanol–water partition coefficient (Wildman–Crippen LogP) is 3.90. The van der Waals surface area contributed by atoms with E-state index < -0.39 is 10.9 Å². The maximum absolute atomic E-state index is 12.2. The lowest BCUT2D eigenvalue weighted by molar-refractivity contribution is -0.385. The summed E-state index contributed by atoms with van der Waals surface area (Å²) in [6.45, 7) is 1.96. The van der Waals surface area contributed by atoms with Gasteiger partial charge in [-0.1, -0.05) is 29.8 Å². The van der Waals surface area contributed by atoms with Crippen molar-refractivity contribution < 1.29 is 23.9 Å². The molecule has 0 saturated carbocycles. The number of carbonyl (C=O) groups excluding carboxylic acids is 1. The Balaban J connectivity index is 2.06. The molecule has 0 aromatic heterocycles. The van der Waals surface area contributed by atoms with Crippen molar-refractivity contribution in [2.45, 2.75) is 6.92 Å². The van der Waals surface area contributed by atoms with E-state index >= 15 is 0 Å². The van der Waals surface area contributed by atoms with Crippen LogP contribution in [0.15, 0.2) is 48.0 Å². The Morgan fingerprint density at radius 3 is 2.30 bits per heavy atom. The molecular weight excluding hydrogens is 350 g/mol. The zero-order valence-electron chi connectivity index (χ0n) is 15.0. The maximum Gasteiger partial charge on any atom is 0.343 e. The van der Waals surface area contributed by atoms with Gasteiger partial charge in [0.1, 0.15) is 5.76 Å². The summed E-state index contributed by atoms with van der Waals surface area (Å²) in [6, 6.07) is 10.2. The largest absolute Gasteiger partial charge is 0.493 e. The van der Waals surface area contributed by atoms with Crippen molar-refractivity contribution in [1.29, 1.82) is 0 Å². The van der Waals surface area contributed by atoms with Crippen LogP contribution < -0.4 is 9.47 Å². The van der Waals surface area contributed by atoms with E-state index in [2.05, 4.69) is 0 Å². The summed E-state index contributed by atoms with van der Waals surface area (Å²) in [6.07, 6.45) is 2.97. The molecule has 0 N–H and O–H groups in total. The highest BCUT2D eigenvalue weighted by atomic mass is 16.6. The Morgan fingerprint density at radius 2 is 1.70 bits per heavy atom. The van der Waals surface area contributed by atoms with Crippen molar-refractivity contribution >= 4 is 23.5 Å².